The van der Waals surface area contributed by atoms with Crippen LogP contribution in [0.5, 0.6) is 0 Å². The number of sulfone groups is 1. The number of anilines is 1. The third-order valence-corrected chi connectivity index (χ3v) is 5.57. The van der Waals surface area contributed by atoms with Gasteiger partial charge in [-0.1, -0.05) is 24.3 Å². The van der Waals surface area contributed by atoms with Crippen molar-refractivity contribution < 1.29 is 8.42 Å². The monoisotopic (exact) mass is 305 g/mol. The van der Waals surface area contributed by atoms with Gasteiger partial charge in [0, 0.05) is 24.6 Å². The van der Waals surface area contributed by atoms with Crippen LogP contribution in [0, 0.1) is 0 Å². The number of hydrogen-bond acceptors (Lipinski definition) is 4. The van der Waals surface area contributed by atoms with E-state index in [1.807, 2.05) is 25.2 Å². The molecule has 0 bridgehead atoms. The van der Waals surface area contributed by atoms with Crippen LogP contribution in [-0.2, 0) is 16.3 Å². The lowest BCUT2D eigenvalue weighted by Gasteiger charge is -2.17. The molecule has 0 N–H and O–H groups in total. The molecule has 104 valence electrons. The Morgan fingerprint density at radius 2 is 1.85 bits per heavy atom. The van der Waals surface area contributed by atoms with Crippen LogP contribution < -0.4 is 4.31 Å². The first-order chi connectivity index (χ1) is 9.45. The molecule has 0 spiro atoms. The van der Waals surface area contributed by atoms with E-state index in [4.69, 9.17) is 0 Å². The van der Waals surface area contributed by atoms with Gasteiger partial charge in [0.15, 0.2) is 9.84 Å². The minimum Gasteiger partial charge on any atom is -0.315 e. The molecule has 5 heteroatoms. The van der Waals surface area contributed by atoms with Crippen molar-refractivity contribution in [1.82, 2.24) is 0 Å². The lowest BCUT2D eigenvalue weighted by Crippen LogP contribution is -2.06. The molecule has 3 rings (SSSR count). The van der Waals surface area contributed by atoms with Gasteiger partial charge in [0.2, 0.25) is 0 Å². The number of fused-ring (bicyclic) bond motifs is 2. The molecule has 1 aliphatic heterocycles. The lowest BCUT2D eigenvalue weighted by molar-refractivity contribution is 0.601. The molecule has 2 aromatic carbocycles. The fourth-order valence-electron chi connectivity index (χ4n) is 2.37. The van der Waals surface area contributed by atoms with Gasteiger partial charge in [-0.05, 0) is 41.3 Å². The van der Waals surface area contributed by atoms with Crippen molar-refractivity contribution in [2.45, 2.75) is 16.2 Å². The molecule has 1 heterocycles. The normalized spacial score (nSPS) is 14.4. The molecule has 0 aromatic heterocycles. The number of hydrogen-bond donors (Lipinski definition) is 0. The molecule has 1 aliphatic rings. The highest BCUT2D eigenvalue weighted by Crippen LogP contribution is 2.38. The zero-order valence-electron chi connectivity index (χ0n) is 11.3. The van der Waals surface area contributed by atoms with Crippen LogP contribution in [0.4, 0.5) is 5.69 Å². The highest BCUT2D eigenvalue weighted by atomic mass is 32.2. The second-order valence-electron chi connectivity index (χ2n) is 4.94. The van der Waals surface area contributed by atoms with E-state index < -0.39 is 9.84 Å². The van der Waals surface area contributed by atoms with Crippen LogP contribution in [0.3, 0.4) is 0 Å². The van der Waals surface area contributed by atoms with Crippen molar-refractivity contribution in [2.24, 2.45) is 0 Å². The molecule has 0 saturated carbocycles. The predicted molar refractivity (Wildman–Crippen MR) is 83.1 cm³/mol. The minimum absolute atomic E-state index is 0.378. The topological polar surface area (TPSA) is 37.4 Å². The van der Waals surface area contributed by atoms with Gasteiger partial charge in [-0.15, -0.1) is 0 Å². The highest BCUT2D eigenvalue weighted by Gasteiger charge is 2.19. The summed E-state index contributed by atoms with van der Waals surface area (Å²) in [6.07, 6.45) is 2.07. The molecular formula is C15H15NO2S2. The third-order valence-electron chi connectivity index (χ3n) is 3.41. The minimum atomic E-state index is -3.16. The van der Waals surface area contributed by atoms with Crippen LogP contribution in [0.25, 0.3) is 0 Å². The van der Waals surface area contributed by atoms with Crippen molar-refractivity contribution in [3.05, 3.63) is 53.6 Å². The Labute approximate surface area is 123 Å². The summed E-state index contributed by atoms with van der Waals surface area (Å²) < 4.78 is 25.5. The van der Waals surface area contributed by atoms with Gasteiger partial charge in [0.1, 0.15) is 0 Å². The van der Waals surface area contributed by atoms with Crippen LogP contribution in [0.15, 0.2) is 52.3 Å². The first kappa shape index (κ1) is 13.5. The van der Waals surface area contributed by atoms with E-state index in [0.29, 0.717) is 4.90 Å². The summed E-state index contributed by atoms with van der Waals surface area (Å²) in [6.45, 7) is 0. The molecule has 0 aliphatic carbocycles. The maximum absolute atomic E-state index is 11.7. The van der Waals surface area contributed by atoms with Crippen molar-refractivity contribution in [3.63, 3.8) is 0 Å². The molecule has 0 amide bonds. The summed E-state index contributed by atoms with van der Waals surface area (Å²) in [5, 5.41) is 0. The van der Waals surface area contributed by atoms with E-state index in [1.165, 1.54) is 23.1 Å². The van der Waals surface area contributed by atoms with Crippen molar-refractivity contribution in [1.29, 1.82) is 0 Å². The second-order valence-corrected chi connectivity index (χ2v) is 8.12. The first-order valence-corrected chi connectivity index (χ1v) is 8.94. The van der Waals surface area contributed by atoms with Gasteiger partial charge < -0.3 is 4.31 Å². The van der Waals surface area contributed by atoms with Crippen molar-refractivity contribution >= 4 is 27.5 Å². The smallest absolute Gasteiger partial charge is 0.175 e. The predicted octanol–water partition coefficient (Wildman–Crippen LogP) is 3.14. The Morgan fingerprint density at radius 1 is 1.10 bits per heavy atom. The molecular weight excluding hydrogens is 290 g/mol. The SMILES string of the molecule is CN1Sc2cc(S(C)(=O)=O)ccc2Cc2ccccc21. The fourth-order valence-corrected chi connectivity index (χ4v) is 4.10. The molecule has 3 nitrogen and oxygen atoms in total. The summed E-state index contributed by atoms with van der Waals surface area (Å²) in [6, 6.07) is 13.7. The van der Waals surface area contributed by atoms with E-state index in [0.717, 1.165) is 11.3 Å². The molecule has 0 atom stereocenters. The molecule has 20 heavy (non-hydrogen) atoms. The Bertz CT molecular complexity index is 769. The number of para-hydroxylation sites is 1. The summed E-state index contributed by atoms with van der Waals surface area (Å²) in [4.78, 5) is 1.38. The molecule has 2 aromatic rings. The Hall–Kier alpha value is -1.46. The maximum Gasteiger partial charge on any atom is 0.175 e. The molecule has 0 saturated heterocycles. The van der Waals surface area contributed by atoms with Gasteiger partial charge in [0.05, 0.1) is 10.6 Å². The standard InChI is InChI=1S/C15H15NO2S2/c1-16-14-6-4-3-5-11(14)9-12-7-8-13(20(2,17)18)10-15(12)19-16/h3-8,10H,9H2,1-2H3. The van der Waals surface area contributed by atoms with Gasteiger partial charge in [-0.2, -0.15) is 0 Å². The average molecular weight is 305 g/mol. The quantitative estimate of drug-likeness (QED) is 0.759. The maximum atomic E-state index is 11.7. The van der Waals surface area contributed by atoms with E-state index in [-0.39, 0.29) is 0 Å². The third kappa shape index (κ3) is 2.43. The van der Waals surface area contributed by atoms with E-state index in [2.05, 4.69) is 16.4 Å². The van der Waals surface area contributed by atoms with Gasteiger partial charge in [-0.3, -0.25) is 0 Å². The largest absolute Gasteiger partial charge is 0.315 e. The number of nitrogens with zero attached hydrogens (tertiary/aromatic N) is 1. The van der Waals surface area contributed by atoms with Crippen LogP contribution in [0.2, 0.25) is 0 Å². The molecule has 0 fully saturated rings. The van der Waals surface area contributed by atoms with E-state index >= 15 is 0 Å². The van der Waals surface area contributed by atoms with E-state index in [1.54, 1.807) is 24.1 Å². The second kappa shape index (κ2) is 4.82. The van der Waals surface area contributed by atoms with Gasteiger partial charge in [-0.25, -0.2) is 8.42 Å². The molecule has 0 unspecified atom stereocenters. The summed E-state index contributed by atoms with van der Waals surface area (Å²) in [5.74, 6) is 0. The summed E-state index contributed by atoms with van der Waals surface area (Å²) >= 11 is 1.57. The van der Waals surface area contributed by atoms with Crippen LogP contribution in [-0.4, -0.2) is 21.7 Å². The number of rotatable bonds is 1. The fraction of sp³-hybridized carbons (Fsp3) is 0.200. The zero-order valence-corrected chi connectivity index (χ0v) is 13.0. The van der Waals surface area contributed by atoms with Crippen LogP contribution in [0.1, 0.15) is 11.1 Å². The zero-order chi connectivity index (χ0) is 14.3. The van der Waals surface area contributed by atoms with Crippen molar-refractivity contribution in [2.75, 3.05) is 17.6 Å². The van der Waals surface area contributed by atoms with Crippen LogP contribution >= 0.6 is 11.9 Å². The van der Waals surface area contributed by atoms with Crippen molar-refractivity contribution in [3.8, 4) is 0 Å². The highest BCUT2D eigenvalue weighted by molar-refractivity contribution is 8.00. The molecule has 0 radical (unpaired) electrons. The Balaban J connectivity index is 2.12. The Morgan fingerprint density at radius 3 is 2.60 bits per heavy atom. The van der Waals surface area contributed by atoms with E-state index in [9.17, 15) is 8.42 Å². The Kier molecular flexibility index (Phi) is 3.26. The van der Waals surface area contributed by atoms with Gasteiger partial charge in [0.25, 0.3) is 0 Å². The summed E-state index contributed by atoms with van der Waals surface area (Å²) in [7, 11) is -1.16. The first-order valence-electron chi connectivity index (χ1n) is 6.28. The summed E-state index contributed by atoms with van der Waals surface area (Å²) in [5.41, 5.74) is 3.60. The average Bonchev–Trinajstić information content (AvgIpc) is 2.53. The lowest BCUT2D eigenvalue weighted by atomic mass is 10.0. The van der Waals surface area contributed by atoms with Gasteiger partial charge >= 0.3 is 0 Å². The number of benzene rings is 2.